The standard InChI is InChI=1S/C14H14N2O4S2/c17-21(18,11-12-5-2-1-3-6-12)13-7-4-8-16-9-10-22(19,20)15-14(13)16/h1-8H,9-11H2. The summed E-state index contributed by atoms with van der Waals surface area (Å²) in [6.07, 6.45) is 4.62. The molecule has 6 nitrogen and oxygen atoms in total. The third kappa shape index (κ3) is 2.97. The van der Waals surface area contributed by atoms with Crippen LogP contribution in [0, 0.1) is 0 Å². The largest absolute Gasteiger partial charge is 0.330 e. The van der Waals surface area contributed by atoms with Gasteiger partial charge in [-0.25, -0.2) is 16.8 Å². The lowest BCUT2D eigenvalue weighted by Gasteiger charge is -2.28. The van der Waals surface area contributed by atoms with Crippen LogP contribution in [0.1, 0.15) is 5.56 Å². The monoisotopic (exact) mass is 338 g/mol. The van der Waals surface area contributed by atoms with E-state index in [2.05, 4.69) is 4.40 Å². The van der Waals surface area contributed by atoms with Crippen molar-refractivity contribution < 1.29 is 16.8 Å². The lowest BCUT2D eigenvalue weighted by atomic mass is 10.2. The van der Waals surface area contributed by atoms with Crippen LogP contribution in [0.2, 0.25) is 0 Å². The fraction of sp³-hybridized carbons (Fsp3) is 0.214. The summed E-state index contributed by atoms with van der Waals surface area (Å²) in [5.41, 5.74) is 0.642. The molecule has 0 amide bonds. The lowest BCUT2D eigenvalue weighted by Crippen LogP contribution is -2.40. The number of benzene rings is 1. The van der Waals surface area contributed by atoms with E-state index in [0.717, 1.165) is 0 Å². The molecule has 1 aromatic rings. The summed E-state index contributed by atoms with van der Waals surface area (Å²) in [6.45, 7) is 0.204. The van der Waals surface area contributed by atoms with E-state index in [0.29, 0.717) is 5.56 Å². The molecule has 0 aromatic heterocycles. The number of nitrogens with zero attached hydrogens (tertiary/aromatic N) is 2. The molecule has 0 saturated heterocycles. The van der Waals surface area contributed by atoms with E-state index < -0.39 is 19.9 Å². The summed E-state index contributed by atoms with van der Waals surface area (Å²) in [7, 11) is -7.30. The number of hydrogen-bond acceptors (Lipinski definition) is 5. The molecule has 0 saturated carbocycles. The van der Waals surface area contributed by atoms with E-state index >= 15 is 0 Å². The Morgan fingerprint density at radius 3 is 2.64 bits per heavy atom. The summed E-state index contributed by atoms with van der Waals surface area (Å²) in [5, 5.41) is 0. The van der Waals surface area contributed by atoms with Crippen LogP contribution >= 0.6 is 0 Å². The molecule has 2 aliphatic heterocycles. The summed E-state index contributed by atoms with van der Waals surface area (Å²) >= 11 is 0. The highest BCUT2D eigenvalue weighted by atomic mass is 32.2. The van der Waals surface area contributed by atoms with Crippen LogP contribution in [-0.4, -0.2) is 39.9 Å². The van der Waals surface area contributed by atoms with Crippen LogP contribution in [0.25, 0.3) is 0 Å². The smallest absolute Gasteiger partial charge is 0.256 e. The van der Waals surface area contributed by atoms with Crippen LogP contribution in [0.5, 0.6) is 0 Å². The minimum Gasteiger partial charge on any atom is -0.330 e. The first-order chi connectivity index (χ1) is 10.4. The van der Waals surface area contributed by atoms with Gasteiger partial charge in [-0.15, -0.1) is 4.40 Å². The molecular weight excluding hydrogens is 324 g/mol. The molecule has 0 aliphatic carbocycles. The maximum absolute atomic E-state index is 12.6. The highest BCUT2D eigenvalue weighted by Crippen LogP contribution is 2.24. The Bertz CT molecular complexity index is 882. The second-order valence-electron chi connectivity index (χ2n) is 5.01. The quantitative estimate of drug-likeness (QED) is 0.823. The Labute approximate surface area is 129 Å². The molecule has 0 bridgehead atoms. The van der Waals surface area contributed by atoms with Crippen molar-refractivity contribution in [3.05, 3.63) is 59.2 Å². The third-order valence-corrected chi connectivity index (χ3v) is 6.21. The van der Waals surface area contributed by atoms with Gasteiger partial charge in [0, 0.05) is 12.7 Å². The van der Waals surface area contributed by atoms with Gasteiger partial charge in [0.1, 0.15) is 4.91 Å². The van der Waals surface area contributed by atoms with Gasteiger partial charge < -0.3 is 4.90 Å². The van der Waals surface area contributed by atoms with Gasteiger partial charge in [-0.05, 0) is 17.7 Å². The van der Waals surface area contributed by atoms with Crippen molar-refractivity contribution in [2.45, 2.75) is 5.75 Å². The molecule has 2 heterocycles. The molecule has 0 radical (unpaired) electrons. The first kappa shape index (κ1) is 15.0. The average Bonchev–Trinajstić information content (AvgIpc) is 2.46. The topological polar surface area (TPSA) is 83.9 Å². The Morgan fingerprint density at radius 2 is 1.91 bits per heavy atom. The van der Waals surface area contributed by atoms with Crippen molar-refractivity contribution in [1.82, 2.24) is 4.90 Å². The average molecular weight is 338 g/mol. The fourth-order valence-electron chi connectivity index (χ4n) is 2.30. The molecule has 2 aliphatic rings. The molecular formula is C14H14N2O4S2. The Balaban J connectivity index is 2.01. The number of sulfone groups is 1. The Kier molecular flexibility index (Phi) is 3.65. The van der Waals surface area contributed by atoms with Gasteiger partial charge in [0.05, 0.1) is 11.5 Å². The summed E-state index contributed by atoms with van der Waals surface area (Å²) in [5.74, 6) is -0.322. The van der Waals surface area contributed by atoms with E-state index in [1.54, 1.807) is 47.5 Å². The van der Waals surface area contributed by atoms with Crippen LogP contribution in [0.4, 0.5) is 0 Å². The lowest BCUT2D eigenvalue weighted by molar-refractivity contribution is 0.546. The molecule has 0 spiro atoms. The van der Waals surface area contributed by atoms with E-state index in [1.165, 1.54) is 6.08 Å². The molecule has 8 heteroatoms. The second-order valence-corrected chi connectivity index (χ2v) is 8.72. The van der Waals surface area contributed by atoms with E-state index in [-0.39, 0.29) is 28.8 Å². The van der Waals surface area contributed by atoms with E-state index in [1.807, 2.05) is 0 Å². The molecule has 0 unspecified atom stereocenters. The first-order valence-electron chi connectivity index (χ1n) is 6.62. The predicted molar refractivity (Wildman–Crippen MR) is 84.2 cm³/mol. The van der Waals surface area contributed by atoms with Gasteiger partial charge >= 0.3 is 0 Å². The van der Waals surface area contributed by atoms with Gasteiger partial charge in [0.25, 0.3) is 10.0 Å². The number of allylic oxidation sites excluding steroid dienone is 2. The zero-order valence-corrected chi connectivity index (χ0v) is 13.2. The highest BCUT2D eigenvalue weighted by Gasteiger charge is 2.33. The second kappa shape index (κ2) is 5.36. The minimum absolute atomic E-state index is 0.00955. The third-order valence-electron chi connectivity index (χ3n) is 3.36. The molecule has 0 N–H and O–H groups in total. The number of fused-ring (bicyclic) bond motifs is 1. The fourth-order valence-corrected chi connectivity index (χ4v) is 4.86. The van der Waals surface area contributed by atoms with Crippen LogP contribution < -0.4 is 0 Å². The van der Waals surface area contributed by atoms with Gasteiger partial charge in [-0.1, -0.05) is 30.3 Å². The van der Waals surface area contributed by atoms with Crippen molar-refractivity contribution in [2.75, 3.05) is 12.3 Å². The molecule has 3 rings (SSSR count). The molecule has 0 fully saturated rings. The van der Waals surface area contributed by atoms with Crippen molar-refractivity contribution >= 4 is 25.7 Å². The van der Waals surface area contributed by atoms with Gasteiger partial charge in [0.15, 0.2) is 15.7 Å². The first-order valence-corrected chi connectivity index (χ1v) is 9.88. The van der Waals surface area contributed by atoms with Crippen molar-refractivity contribution in [3.63, 3.8) is 0 Å². The molecule has 116 valence electrons. The number of rotatable bonds is 3. The Morgan fingerprint density at radius 1 is 1.18 bits per heavy atom. The summed E-state index contributed by atoms with van der Waals surface area (Å²) in [6, 6.07) is 8.75. The van der Waals surface area contributed by atoms with Gasteiger partial charge in [-0.2, -0.15) is 0 Å². The van der Waals surface area contributed by atoms with Crippen LogP contribution in [0.15, 0.2) is 58.0 Å². The highest BCUT2D eigenvalue weighted by molar-refractivity contribution is 7.95. The molecule has 22 heavy (non-hydrogen) atoms. The van der Waals surface area contributed by atoms with Gasteiger partial charge in [-0.3, -0.25) is 0 Å². The van der Waals surface area contributed by atoms with Gasteiger partial charge in [0.2, 0.25) is 0 Å². The van der Waals surface area contributed by atoms with Crippen molar-refractivity contribution in [3.8, 4) is 0 Å². The minimum atomic E-state index is -3.68. The SMILES string of the molecule is O=S1(=O)CCN2C=CC=C(S(=O)(=O)Cc3ccccc3)C2=N1. The maximum atomic E-state index is 12.6. The van der Waals surface area contributed by atoms with Crippen molar-refractivity contribution in [2.24, 2.45) is 4.40 Å². The summed E-state index contributed by atoms with van der Waals surface area (Å²) < 4.78 is 52.2. The number of hydrogen-bond donors (Lipinski definition) is 0. The molecule has 1 aromatic carbocycles. The van der Waals surface area contributed by atoms with E-state index in [4.69, 9.17) is 0 Å². The van der Waals surface area contributed by atoms with E-state index in [9.17, 15) is 16.8 Å². The zero-order valence-electron chi connectivity index (χ0n) is 11.6. The van der Waals surface area contributed by atoms with Crippen LogP contribution in [-0.2, 0) is 25.6 Å². The summed E-state index contributed by atoms with van der Waals surface area (Å²) in [4.78, 5) is 1.50. The maximum Gasteiger partial charge on any atom is 0.256 e. The van der Waals surface area contributed by atoms with Crippen LogP contribution in [0.3, 0.4) is 0 Å². The predicted octanol–water partition coefficient (Wildman–Crippen LogP) is 1.06. The number of amidine groups is 1. The zero-order chi connectivity index (χ0) is 15.8. The molecule has 0 atom stereocenters. The number of sulfonamides is 1. The van der Waals surface area contributed by atoms with Crippen molar-refractivity contribution in [1.29, 1.82) is 0 Å². The normalized spacial score (nSPS) is 20.1. The Hall–Kier alpha value is -1.93.